The first-order valence-corrected chi connectivity index (χ1v) is 6.77. The minimum Gasteiger partial charge on any atom is -0.396 e. The van der Waals surface area contributed by atoms with Gasteiger partial charge in [0, 0.05) is 19.2 Å². The number of hydrogen-bond donors (Lipinski definition) is 2. The van der Waals surface area contributed by atoms with Crippen molar-refractivity contribution in [3.05, 3.63) is 41.5 Å². The molecule has 1 aromatic rings. The first-order valence-electron chi connectivity index (χ1n) is 6.77. The molecular weight excluding hydrogens is 238 g/mol. The summed E-state index contributed by atoms with van der Waals surface area (Å²) in [4.78, 5) is 11.7. The van der Waals surface area contributed by atoms with Gasteiger partial charge in [0.1, 0.15) is 0 Å². The number of amides is 1. The van der Waals surface area contributed by atoms with Crippen LogP contribution < -0.4 is 5.32 Å². The molecule has 0 spiro atoms. The molecule has 1 aliphatic carbocycles. The van der Waals surface area contributed by atoms with Gasteiger partial charge in [0.2, 0.25) is 5.91 Å². The number of aliphatic hydroxyl groups is 1. The Kier molecular flexibility index (Phi) is 4.38. The lowest BCUT2D eigenvalue weighted by Gasteiger charge is -2.13. The van der Waals surface area contributed by atoms with Gasteiger partial charge in [-0.05, 0) is 43.2 Å². The third-order valence-electron chi connectivity index (χ3n) is 3.74. The highest BCUT2D eigenvalue weighted by molar-refractivity contribution is 5.91. The fourth-order valence-electron chi connectivity index (χ4n) is 2.11. The van der Waals surface area contributed by atoms with Crippen LogP contribution in [-0.2, 0) is 4.79 Å². The monoisotopic (exact) mass is 259 g/mol. The molecule has 2 rings (SSSR count). The van der Waals surface area contributed by atoms with Crippen LogP contribution in [0.25, 0.3) is 6.08 Å². The van der Waals surface area contributed by atoms with Crippen molar-refractivity contribution in [1.29, 1.82) is 0 Å². The summed E-state index contributed by atoms with van der Waals surface area (Å²) in [7, 11) is 0. The number of carbonyl (C=O) groups excluding carboxylic acids is 1. The first kappa shape index (κ1) is 13.8. The van der Waals surface area contributed by atoms with Gasteiger partial charge >= 0.3 is 0 Å². The Labute approximate surface area is 114 Å². The lowest BCUT2D eigenvalue weighted by molar-refractivity contribution is -0.116. The van der Waals surface area contributed by atoms with Gasteiger partial charge in [0.25, 0.3) is 0 Å². The first-order chi connectivity index (χ1) is 9.13. The van der Waals surface area contributed by atoms with Crippen molar-refractivity contribution in [2.75, 3.05) is 13.2 Å². The Balaban J connectivity index is 1.79. The van der Waals surface area contributed by atoms with Crippen molar-refractivity contribution in [1.82, 2.24) is 5.32 Å². The van der Waals surface area contributed by atoms with Gasteiger partial charge in [-0.3, -0.25) is 4.79 Å². The van der Waals surface area contributed by atoms with Crippen LogP contribution in [0, 0.1) is 12.3 Å². The Bertz CT molecular complexity index is 458. The molecular formula is C16H21NO2. The molecule has 3 heteroatoms. The molecule has 1 aliphatic rings. The van der Waals surface area contributed by atoms with Crippen molar-refractivity contribution in [3.8, 4) is 0 Å². The van der Waals surface area contributed by atoms with Crippen LogP contribution in [0.1, 0.15) is 30.4 Å². The summed E-state index contributed by atoms with van der Waals surface area (Å²) in [5.41, 5.74) is 2.40. The zero-order valence-corrected chi connectivity index (χ0v) is 11.4. The number of rotatable bonds is 6. The topological polar surface area (TPSA) is 49.3 Å². The molecule has 19 heavy (non-hydrogen) atoms. The van der Waals surface area contributed by atoms with Crippen LogP contribution >= 0.6 is 0 Å². The summed E-state index contributed by atoms with van der Waals surface area (Å²) in [6.07, 6.45) is 6.39. The molecule has 0 unspecified atom stereocenters. The highest BCUT2D eigenvalue weighted by Gasteiger charge is 2.41. The van der Waals surface area contributed by atoms with Gasteiger partial charge in [-0.1, -0.05) is 29.8 Å². The molecule has 1 saturated carbocycles. The van der Waals surface area contributed by atoms with E-state index in [0.29, 0.717) is 6.54 Å². The predicted octanol–water partition coefficient (Wildman–Crippen LogP) is 2.29. The van der Waals surface area contributed by atoms with Gasteiger partial charge in [-0.25, -0.2) is 0 Å². The zero-order valence-electron chi connectivity index (χ0n) is 11.4. The van der Waals surface area contributed by atoms with Crippen LogP contribution in [0.2, 0.25) is 0 Å². The van der Waals surface area contributed by atoms with Crippen molar-refractivity contribution >= 4 is 12.0 Å². The normalized spacial score (nSPS) is 16.5. The van der Waals surface area contributed by atoms with E-state index >= 15 is 0 Å². The third kappa shape index (κ3) is 4.21. The molecule has 0 atom stereocenters. The third-order valence-corrected chi connectivity index (χ3v) is 3.74. The molecule has 0 saturated heterocycles. The van der Waals surface area contributed by atoms with E-state index in [-0.39, 0.29) is 17.9 Å². The van der Waals surface area contributed by atoms with E-state index in [4.69, 9.17) is 5.11 Å². The van der Waals surface area contributed by atoms with Crippen molar-refractivity contribution in [3.63, 3.8) is 0 Å². The molecule has 0 aromatic heterocycles. The summed E-state index contributed by atoms with van der Waals surface area (Å²) < 4.78 is 0. The maximum atomic E-state index is 11.7. The largest absolute Gasteiger partial charge is 0.396 e. The Morgan fingerprint density at radius 2 is 2.05 bits per heavy atom. The van der Waals surface area contributed by atoms with Crippen LogP contribution in [0.3, 0.4) is 0 Å². The average molecular weight is 259 g/mol. The number of aryl methyl sites for hydroxylation is 1. The fraction of sp³-hybridized carbons (Fsp3) is 0.438. The van der Waals surface area contributed by atoms with E-state index in [1.807, 2.05) is 37.3 Å². The maximum Gasteiger partial charge on any atom is 0.244 e. The highest BCUT2D eigenvalue weighted by Crippen LogP contribution is 2.47. The van der Waals surface area contributed by atoms with Crippen LogP contribution in [0.15, 0.2) is 30.3 Å². The van der Waals surface area contributed by atoms with Crippen molar-refractivity contribution < 1.29 is 9.90 Å². The number of benzene rings is 1. The number of nitrogens with one attached hydrogen (secondary N) is 1. The fourth-order valence-corrected chi connectivity index (χ4v) is 2.11. The minimum atomic E-state index is -0.0650. The second kappa shape index (κ2) is 6.02. The molecule has 0 aliphatic heterocycles. The molecule has 2 N–H and O–H groups in total. The average Bonchev–Trinajstić information content (AvgIpc) is 3.17. The summed E-state index contributed by atoms with van der Waals surface area (Å²) in [5, 5.41) is 11.9. The predicted molar refractivity (Wildman–Crippen MR) is 76.6 cm³/mol. The van der Waals surface area contributed by atoms with E-state index < -0.39 is 0 Å². The van der Waals surface area contributed by atoms with E-state index in [9.17, 15) is 4.79 Å². The number of carbonyl (C=O) groups is 1. The smallest absolute Gasteiger partial charge is 0.244 e. The Morgan fingerprint density at radius 3 is 2.63 bits per heavy atom. The van der Waals surface area contributed by atoms with Gasteiger partial charge < -0.3 is 10.4 Å². The van der Waals surface area contributed by atoms with Crippen molar-refractivity contribution in [2.45, 2.75) is 26.2 Å². The molecule has 102 valence electrons. The molecule has 0 bridgehead atoms. The molecule has 0 heterocycles. The standard InChI is InChI=1S/C16H21NO2/c1-13-2-4-14(5-3-13)6-7-15(19)17-12-16(8-9-16)10-11-18/h2-7,18H,8-12H2,1H3,(H,17,19)/b7-6+. The highest BCUT2D eigenvalue weighted by atomic mass is 16.3. The number of hydrogen-bond acceptors (Lipinski definition) is 2. The molecule has 0 radical (unpaired) electrons. The van der Waals surface area contributed by atoms with E-state index in [1.165, 1.54) is 5.56 Å². The summed E-state index contributed by atoms with van der Waals surface area (Å²) in [5.74, 6) is -0.0650. The quantitative estimate of drug-likeness (QED) is 0.770. The van der Waals surface area contributed by atoms with E-state index in [1.54, 1.807) is 6.08 Å². The summed E-state index contributed by atoms with van der Waals surface area (Å²) in [6, 6.07) is 8.04. The second-order valence-electron chi connectivity index (χ2n) is 5.44. The molecule has 3 nitrogen and oxygen atoms in total. The summed E-state index contributed by atoms with van der Waals surface area (Å²) >= 11 is 0. The van der Waals surface area contributed by atoms with E-state index in [2.05, 4.69) is 5.32 Å². The van der Waals surface area contributed by atoms with E-state index in [0.717, 1.165) is 24.8 Å². The zero-order chi connectivity index (χ0) is 13.7. The SMILES string of the molecule is Cc1ccc(/C=C/C(=O)NCC2(CCO)CC2)cc1. The minimum absolute atomic E-state index is 0.0650. The molecule has 1 amide bonds. The van der Waals surface area contributed by atoms with Crippen LogP contribution in [0.4, 0.5) is 0 Å². The van der Waals surface area contributed by atoms with Crippen LogP contribution in [0.5, 0.6) is 0 Å². The van der Waals surface area contributed by atoms with Crippen LogP contribution in [-0.4, -0.2) is 24.2 Å². The Hall–Kier alpha value is -1.61. The van der Waals surface area contributed by atoms with Gasteiger partial charge in [-0.15, -0.1) is 0 Å². The van der Waals surface area contributed by atoms with Gasteiger partial charge in [0.15, 0.2) is 0 Å². The molecule has 1 aromatic carbocycles. The number of aliphatic hydroxyl groups excluding tert-OH is 1. The molecule has 1 fully saturated rings. The lowest BCUT2D eigenvalue weighted by atomic mass is 10.0. The summed E-state index contributed by atoms with van der Waals surface area (Å²) in [6.45, 7) is 2.91. The second-order valence-corrected chi connectivity index (χ2v) is 5.44. The Morgan fingerprint density at radius 1 is 1.37 bits per heavy atom. The maximum absolute atomic E-state index is 11.7. The van der Waals surface area contributed by atoms with Crippen molar-refractivity contribution in [2.24, 2.45) is 5.41 Å². The van der Waals surface area contributed by atoms with Gasteiger partial charge in [0.05, 0.1) is 0 Å². The van der Waals surface area contributed by atoms with Gasteiger partial charge in [-0.2, -0.15) is 0 Å². The lowest BCUT2D eigenvalue weighted by Crippen LogP contribution is -2.29.